The predicted molar refractivity (Wildman–Crippen MR) is 80.3 cm³/mol. The first-order valence-corrected chi connectivity index (χ1v) is 7.41. The molecule has 1 rings (SSSR count). The zero-order chi connectivity index (χ0) is 14.8. The van der Waals surface area contributed by atoms with Crippen molar-refractivity contribution in [3.8, 4) is 0 Å². The van der Waals surface area contributed by atoms with E-state index in [2.05, 4.69) is 13.8 Å². The molecule has 0 saturated heterocycles. The number of hydrogen-bond acceptors (Lipinski definition) is 3. The van der Waals surface area contributed by atoms with Gasteiger partial charge >= 0.3 is 5.97 Å². The van der Waals surface area contributed by atoms with Crippen LogP contribution in [0.3, 0.4) is 0 Å². The fourth-order valence-corrected chi connectivity index (χ4v) is 1.98. The van der Waals surface area contributed by atoms with Crippen molar-refractivity contribution in [3.63, 3.8) is 0 Å². The second kappa shape index (κ2) is 9.29. The van der Waals surface area contributed by atoms with Crippen LogP contribution in [0, 0.1) is 5.92 Å². The molecule has 0 fully saturated rings. The minimum Gasteiger partial charge on any atom is -0.462 e. The van der Waals surface area contributed by atoms with E-state index >= 15 is 0 Å². The van der Waals surface area contributed by atoms with Gasteiger partial charge in [0.1, 0.15) is 0 Å². The van der Waals surface area contributed by atoms with Gasteiger partial charge in [-0.1, -0.05) is 45.3 Å². The highest BCUT2D eigenvalue weighted by molar-refractivity contribution is 5.93. The second-order valence-corrected chi connectivity index (χ2v) is 5.09. The monoisotopic (exact) mass is 276 g/mol. The van der Waals surface area contributed by atoms with Gasteiger partial charge in [-0.25, -0.2) is 4.79 Å². The van der Waals surface area contributed by atoms with Crippen molar-refractivity contribution in [2.24, 2.45) is 5.92 Å². The van der Waals surface area contributed by atoms with Crippen molar-refractivity contribution in [2.75, 3.05) is 6.61 Å². The molecule has 0 aliphatic heterocycles. The Morgan fingerprint density at radius 2 is 2.20 bits per heavy atom. The van der Waals surface area contributed by atoms with Gasteiger partial charge in [-0.05, 0) is 30.1 Å². The Morgan fingerprint density at radius 3 is 2.80 bits per heavy atom. The van der Waals surface area contributed by atoms with E-state index in [-0.39, 0.29) is 11.8 Å². The number of ether oxygens (including phenoxy) is 1. The van der Waals surface area contributed by atoms with E-state index in [0.717, 1.165) is 18.4 Å². The number of unbranched alkanes of at least 4 members (excludes halogenated alkanes) is 1. The Bertz CT molecular complexity index is 416. The van der Waals surface area contributed by atoms with Crippen molar-refractivity contribution in [1.29, 1.82) is 0 Å². The normalized spacial score (nSPS) is 16.3. The molecule has 1 unspecified atom stereocenters. The SMILES string of the molecule is CCCCC(CC)COC(=O)C=CC1=CCC(=O)C=C1. The van der Waals surface area contributed by atoms with Crippen LogP contribution in [0.4, 0.5) is 0 Å². The van der Waals surface area contributed by atoms with Crippen LogP contribution in [0.5, 0.6) is 0 Å². The molecule has 20 heavy (non-hydrogen) atoms. The lowest BCUT2D eigenvalue weighted by atomic mass is 10.0. The van der Waals surface area contributed by atoms with Gasteiger partial charge in [0.05, 0.1) is 6.61 Å². The summed E-state index contributed by atoms with van der Waals surface area (Å²) in [6, 6.07) is 0. The van der Waals surface area contributed by atoms with Crippen LogP contribution in [-0.4, -0.2) is 18.4 Å². The van der Waals surface area contributed by atoms with E-state index in [9.17, 15) is 9.59 Å². The molecule has 3 heteroatoms. The fraction of sp³-hybridized carbons (Fsp3) is 0.529. The molecular weight excluding hydrogens is 252 g/mol. The molecule has 0 bridgehead atoms. The number of esters is 1. The molecule has 0 saturated carbocycles. The summed E-state index contributed by atoms with van der Waals surface area (Å²) in [6.45, 7) is 4.78. The topological polar surface area (TPSA) is 43.4 Å². The molecule has 0 radical (unpaired) electrons. The van der Waals surface area contributed by atoms with Crippen molar-refractivity contribution in [2.45, 2.75) is 46.0 Å². The smallest absolute Gasteiger partial charge is 0.330 e. The van der Waals surface area contributed by atoms with Gasteiger partial charge in [-0.3, -0.25) is 4.79 Å². The zero-order valence-electron chi connectivity index (χ0n) is 12.4. The molecular formula is C17H24O3. The molecule has 0 amide bonds. The Balaban J connectivity index is 2.32. The maximum atomic E-state index is 11.6. The Hall–Kier alpha value is -1.64. The summed E-state index contributed by atoms with van der Waals surface area (Å²) >= 11 is 0. The van der Waals surface area contributed by atoms with Crippen LogP contribution < -0.4 is 0 Å². The highest BCUT2D eigenvalue weighted by atomic mass is 16.5. The number of rotatable bonds is 8. The van der Waals surface area contributed by atoms with Gasteiger partial charge < -0.3 is 4.74 Å². The lowest BCUT2D eigenvalue weighted by molar-refractivity contribution is -0.139. The van der Waals surface area contributed by atoms with Crippen LogP contribution >= 0.6 is 0 Å². The van der Waals surface area contributed by atoms with Crippen molar-refractivity contribution in [3.05, 3.63) is 36.0 Å². The third-order valence-electron chi connectivity index (χ3n) is 3.42. The van der Waals surface area contributed by atoms with Crippen LogP contribution in [0.2, 0.25) is 0 Å². The number of ketones is 1. The molecule has 0 N–H and O–H groups in total. The van der Waals surface area contributed by atoms with Crippen LogP contribution in [0.25, 0.3) is 0 Å². The Labute approximate surface area is 121 Å². The molecule has 110 valence electrons. The fourth-order valence-electron chi connectivity index (χ4n) is 1.98. The standard InChI is InChI=1S/C17H24O3/c1-3-5-6-14(4-2)13-20-17(19)12-9-15-7-10-16(18)11-8-15/h7-10,12,14H,3-6,11,13H2,1-2H3. The van der Waals surface area contributed by atoms with E-state index in [1.165, 1.54) is 25.0 Å². The summed E-state index contributed by atoms with van der Waals surface area (Å²) in [5.74, 6) is 0.233. The minimum absolute atomic E-state index is 0.0893. The van der Waals surface area contributed by atoms with Gasteiger partial charge in [0.15, 0.2) is 5.78 Å². The molecule has 0 heterocycles. The summed E-state index contributed by atoms with van der Waals surface area (Å²) < 4.78 is 5.26. The maximum absolute atomic E-state index is 11.6. The van der Waals surface area contributed by atoms with Gasteiger partial charge in [0.25, 0.3) is 0 Å². The molecule has 0 aromatic carbocycles. The van der Waals surface area contributed by atoms with E-state index in [1.54, 1.807) is 12.2 Å². The second-order valence-electron chi connectivity index (χ2n) is 5.09. The number of carbonyl (C=O) groups excluding carboxylic acids is 2. The summed E-state index contributed by atoms with van der Waals surface area (Å²) in [7, 11) is 0. The van der Waals surface area contributed by atoms with E-state index in [1.807, 2.05) is 6.08 Å². The summed E-state index contributed by atoms with van der Waals surface area (Å²) in [5, 5.41) is 0. The number of carbonyl (C=O) groups is 2. The average Bonchev–Trinajstić information content (AvgIpc) is 2.47. The zero-order valence-corrected chi connectivity index (χ0v) is 12.4. The predicted octanol–water partition coefficient (Wildman–Crippen LogP) is 3.76. The summed E-state index contributed by atoms with van der Waals surface area (Å²) in [5.41, 5.74) is 0.875. The molecule has 0 spiro atoms. The lowest BCUT2D eigenvalue weighted by Gasteiger charge is -2.13. The van der Waals surface area contributed by atoms with Gasteiger partial charge in [0.2, 0.25) is 0 Å². The van der Waals surface area contributed by atoms with E-state index < -0.39 is 0 Å². The molecule has 1 aliphatic carbocycles. The average molecular weight is 276 g/mol. The molecule has 1 atom stereocenters. The first kappa shape index (κ1) is 16.4. The third kappa shape index (κ3) is 6.50. The maximum Gasteiger partial charge on any atom is 0.330 e. The number of hydrogen-bond donors (Lipinski definition) is 0. The molecule has 0 aromatic rings. The first-order valence-electron chi connectivity index (χ1n) is 7.41. The lowest BCUT2D eigenvalue weighted by Crippen LogP contribution is -2.12. The first-order chi connectivity index (χ1) is 9.65. The van der Waals surface area contributed by atoms with Crippen LogP contribution in [0.1, 0.15) is 46.0 Å². The van der Waals surface area contributed by atoms with Crippen LogP contribution in [-0.2, 0) is 14.3 Å². The van der Waals surface area contributed by atoms with Crippen LogP contribution in [0.15, 0.2) is 36.0 Å². The van der Waals surface area contributed by atoms with Crippen molar-refractivity contribution >= 4 is 11.8 Å². The van der Waals surface area contributed by atoms with Crippen molar-refractivity contribution in [1.82, 2.24) is 0 Å². The summed E-state index contributed by atoms with van der Waals surface area (Å²) in [4.78, 5) is 22.6. The van der Waals surface area contributed by atoms with Gasteiger partial charge in [-0.15, -0.1) is 0 Å². The summed E-state index contributed by atoms with van der Waals surface area (Å²) in [6.07, 6.45) is 13.1. The Morgan fingerprint density at radius 1 is 1.40 bits per heavy atom. The molecule has 3 nitrogen and oxygen atoms in total. The number of allylic oxidation sites excluding steroid dienone is 5. The van der Waals surface area contributed by atoms with E-state index in [4.69, 9.17) is 4.74 Å². The van der Waals surface area contributed by atoms with Gasteiger partial charge in [0, 0.05) is 12.5 Å². The molecule has 0 aromatic heterocycles. The largest absolute Gasteiger partial charge is 0.462 e. The minimum atomic E-state index is -0.314. The quantitative estimate of drug-likeness (QED) is 0.501. The Kier molecular flexibility index (Phi) is 7.63. The van der Waals surface area contributed by atoms with Gasteiger partial charge in [-0.2, -0.15) is 0 Å². The van der Waals surface area contributed by atoms with Crippen molar-refractivity contribution < 1.29 is 14.3 Å². The highest BCUT2D eigenvalue weighted by Gasteiger charge is 2.08. The van der Waals surface area contributed by atoms with E-state index in [0.29, 0.717) is 18.9 Å². The third-order valence-corrected chi connectivity index (χ3v) is 3.42. The highest BCUT2D eigenvalue weighted by Crippen LogP contribution is 2.13. The molecule has 1 aliphatic rings.